The number of ether oxygens (including phenoxy) is 2. The third kappa shape index (κ3) is 2.82. The molecule has 7 heteroatoms. The van der Waals surface area contributed by atoms with Crippen molar-refractivity contribution in [1.29, 1.82) is 0 Å². The Morgan fingerprint density at radius 2 is 1.89 bits per heavy atom. The van der Waals surface area contributed by atoms with Gasteiger partial charge in [0.15, 0.2) is 11.5 Å². The van der Waals surface area contributed by atoms with E-state index >= 15 is 0 Å². The standard InChI is InChI=1S/C12H13N3O4/c1-18-9-4-3-7(6-10(9)19-2)5-8-11(16)13-12(17)15-14-8/h3-4,6H,5H2,1-2H3,(H2,13,15,16,17). The number of H-pyrrole nitrogens is 2. The van der Waals surface area contributed by atoms with Crippen LogP contribution in [-0.4, -0.2) is 29.4 Å². The molecule has 0 aliphatic heterocycles. The quantitative estimate of drug-likeness (QED) is 0.813. The maximum Gasteiger partial charge on any atom is 0.342 e. The summed E-state index contributed by atoms with van der Waals surface area (Å²) in [7, 11) is 3.08. The van der Waals surface area contributed by atoms with Crippen molar-refractivity contribution in [3.05, 3.63) is 50.3 Å². The number of aromatic nitrogens is 3. The Balaban J connectivity index is 2.33. The van der Waals surface area contributed by atoms with Gasteiger partial charge in [-0.3, -0.25) is 9.78 Å². The SMILES string of the molecule is COc1ccc(Cc2n[nH]c(=O)[nH]c2=O)cc1OC. The van der Waals surface area contributed by atoms with Crippen molar-refractivity contribution >= 4 is 0 Å². The fraction of sp³-hybridized carbons (Fsp3) is 0.250. The first-order chi connectivity index (χ1) is 9.13. The summed E-state index contributed by atoms with van der Waals surface area (Å²) in [5, 5.41) is 5.91. The summed E-state index contributed by atoms with van der Waals surface area (Å²) >= 11 is 0. The van der Waals surface area contributed by atoms with E-state index in [-0.39, 0.29) is 12.1 Å². The topological polar surface area (TPSA) is 97.1 Å². The molecule has 1 aromatic heterocycles. The number of nitrogens with one attached hydrogen (secondary N) is 2. The van der Waals surface area contributed by atoms with Gasteiger partial charge in [-0.15, -0.1) is 0 Å². The van der Waals surface area contributed by atoms with E-state index in [2.05, 4.69) is 15.2 Å². The van der Waals surface area contributed by atoms with Crippen LogP contribution in [0.15, 0.2) is 27.8 Å². The zero-order chi connectivity index (χ0) is 13.8. The Morgan fingerprint density at radius 3 is 2.53 bits per heavy atom. The van der Waals surface area contributed by atoms with E-state index in [1.807, 2.05) is 0 Å². The minimum absolute atomic E-state index is 0.229. The molecule has 0 bridgehead atoms. The lowest BCUT2D eigenvalue weighted by Gasteiger charge is -2.08. The third-order valence-corrected chi connectivity index (χ3v) is 2.60. The first-order valence-electron chi connectivity index (χ1n) is 5.53. The van der Waals surface area contributed by atoms with Gasteiger partial charge in [0.1, 0.15) is 5.69 Å². The Labute approximate surface area is 108 Å². The first kappa shape index (κ1) is 12.9. The lowest BCUT2D eigenvalue weighted by atomic mass is 10.1. The molecule has 1 aromatic carbocycles. The van der Waals surface area contributed by atoms with E-state index in [4.69, 9.17) is 9.47 Å². The highest BCUT2D eigenvalue weighted by atomic mass is 16.5. The highest BCUT2D eigenvalue weighted by Gasteiger charge is 2.08. The van der Waals surface area contributed by atoms with Crippen LogP contribution < -0.4 is 20.7 Å². The lowest BCUT2D eigenvalue weighted by molar-refractivity contribution is 0.354. The molecule has 0 spiro atoms. The Bertz CT molecular complexity index is 690. The van der Waals surface area contributed by atoms with E-state index in [0.29, 0.717) is 11.5 Å². The Hall–Kier alpha value is -2.57. The zero-order valence-electron chi connectivity index (χ0n) is 10.5. The van der Waals surface area contributed by atoms with E-state index in [0.717, 1.165) is 5.56 Å². The molecule has 0 aliphatic rings. The third-order valence-electron chi connectivity index (χ3n) is 2.60. The van der Waals surface area contributed by atoms with Crippen molar-refractivity contribution in [3.8, 4) is 11.5 Å². The molecule has 2 N–H and O–H groups in total. The van der Waals surface area contributed by atoms with Crippen molar-refractivity contribution in [2.24, 2.45) is 0 Å². The van der Waals surface area contributed by atoms with Crippen LogP contribution in [0.2, 0.25) is 0 Å². The van der Waals surface area contributed by atoms with Crippen molar-refractivity contribution in [3.63, 3.8) is 0 Å². The molecule has 2 aromatic rings. The maximum absolute atomic E-state index is 11.5. The minimum Gasteiger partial charge on any atom is -0.493 e. The molecule has 0 aliphatic carbocycles. The van der Waals surface area contributed by atoms with E-state index in [1.54, 1.807) is 25.3 Å². The first-order valence-corrected chi connectivity index (χ1v) is 5.53. The largest absolute Gasteiger partial charge is 0.493 e. The molecular weight excluding hydrogens is 250 g/mol. The van der Waals surface area contributed by atoms with Gasteiger partial charge >= 0.3 is 5.69 Å². The molecule has 0 unspecified atom stereocenters. The van der Waals surface area contributed by atoms with Crippen LogP contribution in [0.1, 0.15) is 11.3 Å². The van der Waals surface area contributed by atoms with Crippen LogP contribution in [0.25, 0.3) is 0 Å². The highest BCUT2D eigenvalue weighted by Crippen LogP contribution is 2.27. The number of hydrogen-bond acceptors (Lipinski definition) is 5. The van der Waals surface area contributed by atoms with Crippen LogP contribution in [0.4, 0.5) is 0 Å². The van der Waals surface area contributed by atoms with Crippen molar-refractivity contribution in [2.45, 2.75) is 6.42 Å². The zero-order valence-corrected chi connectivity index (χ0v) is 10.5. The summed E-state index contributed by atoms with van der Waals surface area (Å²) in [6.45, 7) is 0. The molecular formula is C12H13N3O4. The molecule has 100 valence electrons. The average molecular weight is 263 g/mol. The maximum atomic E-state index is 11.5. The number of rotatable bonds is 4. The molecule has 0 atom stereocenters. The second-order valence-corrected chi connectivity index (χ2v) is 3.82. The lowest BCUT2D eigenvalue weighted by Crippen LogP contribution is -2.27. The summed E-state index contributed by atoms with van der Waals surface area (Å²) < 4.78 is 10.3. The summed E-state index contributed by atoms with van der Waals surface area (Å²) in [6.07, 6.45) is 0.284. The molecule has 0 fully saturated rings. The summed E-state index contributed by atoms with van der Waals surface area (Å²) in [5.41, 5.74) is -0.0749. The number of methoxy groups -OCH3 is 2. The number of hydrogen-bond donors (Lipinski definition) is 2. The van der Waals surface area contributed by atoms with Gasteiger partial charge in [-0.1, -0.05) is 6.07 Å². The fourth-order valence-electron chi connectivity index (χ4n) is 1.68. The van der Waals surface area contributed by atoms with Gasteiger partial charge in [0.25, 0.3) is 5.56 Å². The van der Waals surface area contributed by atoms with Gasteiger partial charge in [-0.2, -0.15) is 5.10 Å². The van der Waals surface area contributed by atoms with Crippen LogP contribution in [0.5, 0.6) is 11.5 Å². The highest BCUT2D eigenvalue weighted by molar-refractivity contribution is 5.43. The van der Waals surface area contributed by atoms with Gasteiger partial charge in [-0.25, -0.2) is 9.89 Å². The van der Waals surface area contributed by atoms with Crippen molar-refractivity contribution < 1.29 is 9.47 Å². The molecule has 0 radical (unpaired) electrons. The molecule has 19 heavy (non-hydrogen) atoms. The summed E-state index contributed by atoms with van der Waals surface area (Å²) in [6, 6.07) is 5.30. The average Bonchev–Trinajstić information content (AvgIpc) is 2.41. The second kappa shape index (κ2) is 5.38. The minimum atomic E-state index is -0.624. The smallest absolute Gasteiger partial charge is 0.342 e. The van der Waals surface area contributed by atoms with Gasteiger partial charge in [0.05, 0.1) is 14.2 Å². The summed E-state index contributed by atoms with van der Waals surface area (Å²) in [5.74, 6) is 1.18. The fourth-order valence-corrected chi connectivity index (χ4v) is 1.68. The number of nitrogens with zero attached hydrogens (tertiary/aromatic N) is 1. The number of benzene rings is 1. The van der Waals surface area contributed by atoms with E-state index < -0.39 is 11.2 Å². The Morgan fingerprint density at radius 1 is 1.16 bits per heavy atom. The van der Waals surface area contributed by atoms with E-state index in [1.165, 1.54) is 7.11 Å². The van der Waals surface area contributed by atoms with Crippen LogP contribution >= 0.6 is 0 Å². The van der Waals surface area contributed by atoms with Gasteiger partial charge in [0, 0.05) is 6.42 Å². The van der Waals surface area contributed by atoms with Crippen LogP contribution in [0, 0.1) is 0 Å². The number of aromatic amines is 2. The molecule has 0 saturated heterocycles. The van der Waals surface area contributed by atoms with Crippen molar-refractivity contribution in [1.82, 2.24) is 15.2 Å². The Kier molecular flexibility index (Phi) is 3.65. The van der Waals surface area contributed by atoms with Gasteiger partial charge < -0.3 is 9.47 Å². The van der Waals surface area contributed by atoms with Crippen LogP contribution in [-0.2, 0) is 6.42 Å². The normalized spacial score (nSPS) is 10.2. The summed E-state index contributed by atoms with van der Waals surface area (Å²) in [4.78, 5) is 24.5. The van der Waals surface area contributed by atoms with Gasteiger partial charge in [-0.05, 0) is 17.7 Å². The molecule has 0 saturated carbocycles. The second-order valence-electron chi connectivity index (χ2n) is 3.82. The van der Waals surface area contributed by atoms with Crippen LogP contribution in [0.3, 0.4) is 0 Å². The van der Waals surface area contributed by atoms with Crippen molar-refractivity contribution in [2.75, 3.05) is 14.2 Å². The van der Waals surface area contributed by atoms with Gasteiger partial charge in [0.2, 0.25) is 0 Å². The molecule has 1 heterocycles. The monoisotopic (exact) mass is 263 g/mol. The molecule has 0 amide bonds. The predicted octanol–water partition coefficient (Wildman–Crippen LogP) is 0.0662. The van der Waals surface area contributed by atoms with E-state index in [9.17, 15) is 9.59 Å². The predicted molar refractivity (Wildman–Crippen MR) is 67.8 cm³/mol. The molecule has 7 nitrogen and oxygen atoms in total. The molecule has 2 rings (SSSR count).